The minimum atomic E-state index is 0.0345. The van der Waals surface area contributed by atoms with Crippen molar-refractivity contribution in [3.05, 3.63) is 63.7 Å². The van der Waals surface area contributed by atoms with Crippen molar-refractivity contribution in [1.82, 2.24) is 0 Å². The van der Waals surface area contributed by atoms with E-state index < -0.39 is 0 Å². The summed E-state index contributed by atoms with van der Waals surface area (Å²) in [7, 11) is 0. The van der Waals surface area contributed by atoms with Crippen LogP contribution < -0.4 is 5.73 Å². The minimum absolute atomic E-state index is 0.0345. The van der Waals surface area contributed by atoms with Crippen LogP contribution in [0.2, 0.25) is 0 Å². The number of hydrogen-bond acceptors (Lipinski definition) is 2. The summed E-state index contributed by atoms with van der Waals surface area (Å²) in [6, 6.07) is 9.54. The van der Waals surface area contributed by atoms with E-state index in [0.717, 1.165) is 22.3 Å². The highest BCUT2D eigenvalue weighted by atomic mass is 16.1. The molecule has 0 heterocycles. The Morgan fingerprint density at radius 3 is 2.16 bits per heavy atom. The van der Waals surface area contributed by atoms with Crippen molar-refractivity contribution in [2.75, 3.05) is 5.73 Å². The Labute approximate surface area is 114 Å². The van der Waals surface area contributed by atoms with E-state index in [2.05, 4.69) is 0 Å². The normalized spacial score (nSPS) is 10.5. The molecule has 0 fully saturated rings. The molecule has 2 aromatic carbocycles. The molecule has 2 rings (SSSR count). The lowest BCUT2D eigenvalue weighted by Crippen LogP contribution is -2.06. The third-order valence-corrected chi connectivity index (χ3v) is 3.63. The van der Waals surface area contributed by atoms with E-state index >= 15 is 0 Å². The highest BCUT2D eigenvalue weighted by Gasteiger charge is 2.13. The van der Waals surface area contributed by atoms with Crippen LogP contribution in [0, 0.1) is 27.7 Å². The van der Waals surface area contributed by atoms with Gasteiger partial charge in [-0.15, -0.1) is 0 Å². The fourth-order valence-corrected chi connectivity index (χ4v) is 2.15. The molecule has 0 atom stereocenters. The number of nitrogens with two attached hydrogens (primary N) is 1. The van der Waals surface area contributed by atoms with Gasteiger partial charge in [0.05, 0.1) is 0 Å². The van der Waals surface area contributed by atoms with E-state index in [1.807, 2.05) is 52.0 Å². The third-order valence-electron chi connectivity index (χ3n) is 3.63. The summed E-state index contributed by atoms with van der Waals surface area (Å²) < 4.78 is 0. The SMILES string of the molecule is Cc1ccc(C(=O)c2cc(N)c(C)cc2C)cc1C. The van der Waals surface area contributed by atoms with E-state index in [4.69, 9.17) is 5.73 Å². The van der Waals surface area contributed by atoms with Crippen molar-refractivity contribution in [1.29, 1.82) is 0 Å². The first kappa shape index (κ1) is 13.3. The van der Waals surface area contributed by atoms with Crippen LogP contribution in [-0.2, 0) is 0 Å². The molecule has 0 aliphatic rings. The van der Waals surface area contributed by atoms with Crippen LogP contribution >= 0.6 is 0 Å². The molecule has 2 N–H and O–H groups in total. The lowest BCUT2D eigenvalue weighted by molar-refractivity contribution is 0.103. The van der Waals surface area contributed by atoms with E-state index in [0.29, 0.717) is 11.3 Å². The maximum atomic E-state index is 12.5. The van der Waals surface area contributed by atoms with Gasteiger partial charge in [-0.2, -0.15) is 0 Å². The fraction of sp³-hybridized carbons (Fsp3) is 0.235. The number of carbonyl (C=O) groups is 1. The number of rotatable bonds is 2. The Kier molecular flexibility index (Phi) is 3.43. The van der Waals surface area contributed by atoms with Crippen molar-refractivity contribution in [2.24, 2.45) is 0 Å². The quantitative estimate of drug-likeness (QED) is 0.654. The Balaban J connectivity index is 2.49. The lowest BCUT2D eigenvalue weighted by atomic mass is 9.95. The summed E-state index contributed by atoms with van der Waals surface area (Å²) in [6.07, 6.45) is 0. The molecule has 0 aromatic heterocycles. The van der Waals surface area contributed by atoms with Gasteiger partial charge in [0.1, 0.15) is 0 Å². The van der Waals surface area contributed by atoms with Gasteiger partial charge in [0.25, 0.3) is 0 Å². The molecule has 0 bridgehead atoms. The van der Waals surface area contributed by atoms with Gasteiger partial charge in [0, 0.05) is 16.8 Å². The number of ketones is 1. The average molecular weight is 253 g/mol. The number of carbonyl (C=O) groups excluding carboxylic acids is 1. The summed E-state index contributed by atoms with van der Waals surface area (Å²) in [4.78, 5) is 12.5. The molecule has 0 aliphatic carbocycles. The molecule has 98 valence electrons. The van der Waals surface area contributed by atoms with Crippen molar-refractivity contribution in [3.8, 4) is 0 Å². The molecular weight excluding hydrogens is 234 g/mol. The molecule has 0 amide bonds. The Bertz CT molecular complexity index is 657. The van der Waals surface area contributed by atoms with Gasteiger partial charge in [0.2, 0.25) is 0 Å². The first-order valence-corrected chi connectivity index (χ1v) is 6.39. The second kappa shape index (κ2) is 4.88. The van der Waals surface area contributed by atoms with Gasteiger partial charge in [-0.1, -0.05) is 18.2 Å². The van der Waals surface area contributed by atoms with Crippen LogP contribution in [0.4, 0.5) is 5.69 Å². The largest absolute Gasteiger partial charge is 0.398 e. The Morgan fingerprint density at radius 1 is 0.842 bits per heavy atom. The third kappa shape index (κ3) is 2.53. The van der Waals surface area contributed by atoms with Crippen LogP contribution in [0.5, 0.6) is 0 Å². The van der Waals surface area contributed by atoms with Crippen LogP contribution in [0.1, 0.15) is 38.2 Å². The summed E-state index contributed by atoms with van der Waals surface area (Å²) in [6.45, 7) is 7.95. The second-order valence-electron chi connectivity index (χ2n) is 5.15. The topological polar surface area (TPSA) is 43.1 Å². The number of anilines is 1. The minimum Gasteiger partial charge on any atom is -0.398 e. The van der Waals surface area contributed by atoms with E-state index in [1.54, 1.807) is 6.07 Å². The summed E-state index contributed by atoms with van der Waals surface area (Å²) >= 11 is 0. The predicted molar refractivity (Wildman–Crippen MR) is 79.7 cm³/mol. The average Bonchev–Trinajstić information content (AvgIpc) is 2.36. The Morgan fingerprint density at radius 2 is 1.53 bits per heavy atom. The van der Waals surface area contributed by atoms with Crippen LogP contribution in [-0.4, -0.2) is 5.78 Å². The molecule has 2 aromatic rings. The van der Waals surface area contributed by atoms with Crippen LogP contribution in [0.25, 0.3) is 0 Å². The number of hydrogen-bond donors (Lipinski definition) is 1. The first-order valence-electron chi connectivity index (χ1n) is 6.39. The lowest BCUT2D eigenvalue weighted by Gasteiger charge is -2.10. The second-order valence-corrected chi connectivity index (χ2v) is 5.15. The summed E-state index contributed by atoms with van der Waals surface area (Å²) in [5.41, 5.74) is 12.3. The molecule has 0 radical (unpaired) electrons. The van der Waals surface area contributed by atoms with Gasteiger partial charge in [-0.05, 0) is 62.1 Å². The molecule has 19 heavy (non-hydrogen) atoms. The first-order chi connectivity index (χ1) is 8.90. The van der Waals surface area contributed by atoms with E-state index in [9.17, 15) is 4.79 Å². The number of aryl methyl sites for hydroxylation is 4. The molecule has 0 spiro atoms. The summed E-state index contributed by atoms with van der Waals surface area (Å²) in [5, 5.41) is 0. The van der Waals surface area contributed by atoms with Gasteiger partial charge < -0.3 is 5.73 Å². The molecule has 0 saturated heterocycles. The smallest absolute Gasteiger partial charge is 0.193 e. The number of benzene rings is 2. The molecule has 0 saturated carbocycles. The standard InChI is InChI=1S/C17H19NO/c1-10-5-6-14(8-11(10)2)17(19)15-9-16(18)13(4)7-12(15)3/h5-9H,18H2,1-4H3. The maximum Gasteiger partial charge on any atom is 0.193 e. The maximum absolute atomic E-state index is 12.5. The van der Waals surface area contributed by atoms with Crippen molar-refractivity contribution >= 4 is 11.5 Å². The van der Waals surface area contributed by atoms with E-state index in [-0.39, 0.29) is 5.78 Å². The van der Waals surface area contributed by atoms with Gasteiger partial charge in [-0.3, -0.25) is 4.79 Å². The Hall–Kier alpha value is -2.09. The van der Waals surface area contributed by atoms with Gasteiger partial charge >= 0.3 is 0 Å². The highest BCUT2D eigenvalue weighted by molar-refractivity contribution is 6.10. The molecular formula is C17H19NO. The zero-order valence-electron chi connectivity index (χ0n) is 11.9. The highest BCUT2D eigenvalue weighted by Crippen LogP contribution is 2.21. The van der Waals surface area contributed by atoms with Gasteiger partial charge in [-0.25, -0.2) is 0 Å². The zero-order chi connectivity index (χ0) is 14.2. The van der Waals surface area contributed by atoms with Crippen LogP contribution in [0.15, 0.2) is 30.3 Å². The van der Waals surface area contributed by atoms with Crippen LogP contribution in [0.3, 0.4) is 0 Å². The van der Waals surface area contributed by atoms with Crippen molar-refractivity contribution in [2.45, 2.75) is 27.7 Å². The van der Waals surface area contributed by atoms with Crippen molar-refractivity contribution in [3.63, 3.8) is 0 Å². The zero-order valence-corrected chi connectivity index (χ0v) is 11.9. The molecule has 0 unspecified atom stereocenters. The van der Waals surface area contributed by atoms with Gasteiger partial charge in [0.15, 0.2) is 5.78 Å². The fourth-order valence-electron chi connectivity index (χ4n) is 2.15. The predicted octanol–water partition coefficient (Wildman–Crippen LogP) is 3.73. The summed E-state index contributed by atoms with van der Waals surface area (Å²) in [5.74, 6) is 0.0345. The van der Waals surface area contributed by atoms with E-state index in [1.165, 1.54) is 5.56 Å². The molecule has 2 nitrogen and oxygen atoms in total. The molecule has 0 aliphatic heterocycles. The molecule has 2 heteroatoms. The monoisotopic (exact) mass is 253 g/mol. The number of nitrogen functional groups attached to an aromatic ring is 1. The van der Waals surface area contributed by atoms with Crippen molar-refractivity contribution < 1.29 is 4.79 Å².